The van der Waals surface area contributed by atoms with E-state index in [1.807, 2.05) is 0 Å². The van der Waals surface area contributed by atoms with E-state index in [1.54, 1.807) is 13.2 Å². The molecule has 0 spiro atoms. The van der Waals surface area contributed by atoms with Crippen molar-refractivity contribution >= 4 is 32.9 Å². The number of aromatic amines is 1. The van der Waals surface area contributed by atoms with E-state index in [0.717, 1.165) is 0 Å². The number of aliphatic hydroxyl groups is 1. The van der Waals surface area contributed by atoms with Crippen LogP contribution in [0.3, 0.4) is 0 Å². The largest absolute Gasteiger partial charge is 0.417 e. The van der Waals surface area contributed by atoms with Crippen molar-refractivity contribution in [3.63, 3.8) is 0 Å². The molecule has 21 heavy (non-hydrogen) atoms. The van der Waals surface area contributed by atoms with Crippen molar-refractivity contribution in [2.45, 2.75) is 23.1 Å². The van der Waals surface area contributed by atoms with Gasteiger partial charge in [-0.3, -0.25) is 4.98 Å². The number of benzene rings is 1. The molecule has 0 fully saturated rings. The Kier molecular flexibility index (Phi) is 4.77. The number of nitrogens with one attached hydrogen (secondary N) is 2. The second-order valence-electron chi connectivity index (χ2n) is 4.54. The number of aliphatic hydroxyl groups excluding tert-OH is 1. The fraction of sp³-hybridized carbons (Fsp3) is 0.417. The molecule has 2 aromatic rings. The first-order valence-corrected chi connectivity index (χ1v) is 8.93. The maximum atomic E-state index is 12.3. The van der Waals surface area contributed by atoms with Crippen molar-refractivity contribution in [2.75, 3.05) is 12.9 Å². The first kappa shape index (κ1) is 16.1. The highest BCUT2D eigenvalue weighted by Crippen LogP contribution is 2.18. The summed E-state index contributed by atoms with van der Waals surface area (Å²) in [6.45, 7) is 1.56. The molecule has 1 heterocycles. The van der Waals surface area contributed by atoms with Gasteiger partial charge < -0.3 is 9.52 Å². The molecule has 2 unspecified atom stereocenters. The van der Waals surface area contributed by atoms with Crippen molar-refractivity contribution in [3.05, 3.63) is 28.7 Å². The quantitative estimate of drug-likeness (QED) is 0.710. The highest BCUT2D eigenvalue weighted by Gasteiger charge is 2.23. The number of thioether (sulfide) groups is 1. The molecule has 7 nitrogen and oxygen atoms in total. The molecule has 0 radical (unpaired) electrons. The lowest BCUT2D eigenvalue weighted by Crippen LogP contribution is -2.41. The van der Waals surface area contributed by atoms with Crippen LogP contribution in [0.15, 0.2) is 32.3 Å². The summed E-state index contributed by atoms with van der Waals surface area (Å²) >= 11 is 1.38. The predicted molar refractivity (Wildman–Crippen MR) is 81.0 cm³/mol. The van der Waals surface area contributed by atoms with E-state index < -0.39 is 21.8 Å². The molecule has 0 aliphatic rings. The number of oxazole rings is 1. The lowest BCUT2D eigenvalue weighted by Gasteiger charge is -2.21. The monoisotopic (exact) mass is 332 g/mol. The van der Waals surface area contributed by atoms with Crippen LogP contribution in [0.25, 0.3) is 11.1 Å². The van der Waals surface area contributed by atoms with Gasteiger partial charge in [0, 0.05) is 17.4 Å². The fourth-order valence-electron chi connectivity index (χ4n) is 1.92. The van der Waals surface area contributed by atoms with Gasteiger partial charge in [-0.25, -0.2) is 17.9 Å². The summed E-state index contributed by atoms with van der Waals surface area (Å²) in [5.74, 6) is -0.636. The standard InChI is InChI=1S/C12H16N2O5S2/c1-7(11(6-15)20-2)14-21(17,18)8-3-4-9-10(5-8)19-12(16)13-9/h3-5,7,11,14-15H,6H2,1-2H3,(H,13,16). The van der Waals surface area contributed by atoms with Crippen LogP contribution in [0.4, 0.5) is 0 Å². The summed E-state index contributed by atoms with van der Waals surface area (Å²) in [6, 6.07) is 3.70. The highest BCUT2D eigenvalue weighted by molar-refractivity contribution is 7.99. The van der Waals surface area contributed by atoms with Gasteiger partial charge in [-0.15, -0.1) is 0 Å². The number of hydrogen-bond donors (Lipinski definition) is 3. The molecule has 0 amide bonds. The molecule has 0 aliphatic heterocycles. The minimum absolute atomic E-state index is 0.00222. The van der Waals surface area contributed by atoms with Crippen LogP contribution in [0.2, 0.25) is 0 Å². The summed E-state index contributed by atoms with van der Waals surface area (Å²) in [7, 11) is -3.76. The van der Waals surface area contributed by atoms with Gasteiger partial charge in [0.25, 0.3) is 0 Å². The zero-order valence-electron chi connectivity index (χ0n) is 11.5. The number of aromatic nitrogens is 1. The SMILES string of the molecule is CSC(CO)C(C)NS(=O)(=O)c1ccc2[nH]c(=O)oc2c1. The summed E-state index contributed by atoms with van der Waals surface area (Å²) < 4.78 is 32.0. The average molecular weight is 332 g/mol. The lowest BCUT2D eigenvalue weighted by atomic mass is 10.3. The third-order valence-electron chi connectivity index (χ3n) is 3.08. The average Bonchev–Trinajstić information content (AvgIpc) is 2.78. The van der Waals surface area contributed by atoms with E-state index in [-0.39, 0.29) is 22.3 Å². The molecule has 2 rings (SSSR count). The number of H-pyrrole nitrogens is 1. The molecule has 0 saturated heterocycles. The second-order valence-corrected chi connectivity index (χ2v) is 7.33. The van der Waals surface area contributed by atoms with Crippen molar-refractivity contribution in [1.29, 1.82) is 0 Å². The molecule has 0 aliphatic carbocycles. The van der Waals surface area contributed by atoms with E-state index in [1.165, 1.54) is 30.0 Å². The molecule has 3 N–H and O–H groups in total. The van der Waals surface area contributed by atoms with Crippen LogP contribution in [0, 0.1) is 0 Å². The molecule has 2 atom stereocenters. The van der Waals surface area contributed by atoms with Crippen LogP contribution in [0.1, 0.15) is 6.92 Å². The Morgan fingerprint density at radius 3 is 2.81 bits per heavy atom. The van der Waals surface area contributed by atoms with Crippen LogP contribution in [-0.2, 0) is 10.0 Å². The maximum absolute atomic E-state index is 12.3. The first-order chi connectivity index (χ1) is 9.87. The Morgan fingerprint density at radius 2 is 2.19 bits per heavy atom. The van der Waals surface area contributed by atoms with Crippen LogP contribution < -0.4 is 10.5 Å². The van der Waals surface area contributed by atoms with E-state index in [4.69, 9.17) is 4.42 Å². The summed E-state index contributed by atoms with van der Waals surface area (Å²) in [6.07, 6.45) is 1.80. The van der Waals surface area contributed by atoms with Crippen LogP contribution >= 0.6 is 11.8 Å². The van der Waals surface area contributed by atoms with Crippen LogP contribution in [0.5, 0.6) is 0 Å². The van der Waals surface area contributed by atoms with Gasteiger partial charge in [0.1, 0.15) is 0 Å². The maximum Gasteiger partial charge on any atom is 0.417 e. The number of sulfonamides is 1. The minimum Gasteiger partial charge on any atom is -0.408 e. The van der Waals surface area contributed by atoms with Gasteiger partial charge in [0.15, 0.2) is 5.58 Å². The van der Waals surface area contributed by atoms with Gasteiger partial charge in [-0.2, -0.15) is 11.8 Å². The number of hydrogen-bond acceptors (Lipinski definition) is 6. The Hall–Kier alpha value is -1.29. The molecule has 0 bridgehead atoms. The molecule has 1 aromatic heterocycles. The number of fused-ring (bicyclic) bond motifs is 1. The van der Waals surface area contributed by atoms with Crippen LogP contribution in [-0.4, -0.2) is 42.7 Å². The highest BCUT2D eigenvalue weighted by atomic mass is 32.2. The van der Waals surface area contributed by atoms with Crippen molar-refractivity contribution in [1.82, 2.24) is 9.71 Å². The molecular formula is C12H16N2O5S2. The predicted octanol–water partition coefficient (Wildman–Crippen LogP) is 0.512. The van der Waals surface area contributed by atoms with Gasteiger partial charge in [0.05, 0.1) is 17.0 Å². The minimum atomic E-state index is -3.76. The molecule has 116 valence electrons. The van der Waals surface area contributed by atoms with Gasteiger partial charge >= 0.3 is 5.76 Å². The smallest absolute Gasteiger partial charge is 0.408 e. The Bertz CT molecular complexity index is 776. The first-order valence-electron chi connectivity index (χ1n) is 6.16. The van der Waals surface area contributed by atoms with E-state index >= 15 is 0 Å². The van der Waals surface area contributed by atoms with E-state index in [2.05, 4.69) is 9.71 Å². The Labute approximate surface area is 125 Å². The van der Waals surface area contributed by atoms with Crippen molar-refractivity contribution in [2.24, 2.45) is 0 Å². The van der Waals surface area contributed by atoms with E-state index in [9.17, 15) is 18.3 Å². The molecule has 1 aromatic carbocycles. The zero-order chi connectivity index (χ0) is 15.6. The normalized spacial score (nSPS) is 15.2. The fourth-order valence-corrected chi connectivity index (χ4v) is 3.93. The topological polar surface area (TPSA) is 112 Å². The molecule has 9 heteroatoms. The lowest BCUT2D eigenvalue weighted by molar-refractivity contribution is 0.282. The second kappa shape index (κ2) is 6.22. The Balaban J connectivity index is 2.30. The van der Waals surface area contributed by atoms with E-state index in [0.29, 0.717) is 5.52 Å². The molecular weight excluding hydrogens is 316 g/mol. The summed E-state index contributed by atoms with van der Waals surface area (Å²) in [5.41, 5.74) is 0.614. The third-order valence-corrected chi connectivity index (χ3v) is 5.80. The summed E-state index contributed by atoms with van der Waals surface area (Å²) in [5, 5.41) is 8.96. The van der Waals surface area contributed by atoms with Crippen molar-refractivity contribution < 1.29 is 17.9 Å². The third kappa shape index (κ3) is 3.49. The number of rotatable bonds is 6. The van der Waals surface area contributed by atoms with Crippen molar-refractivity contribution in [3.8, 4) is 0 Å². The Morgan fingerprint density at radius 1 is 1.48 bits per heavy atom. The van der Waals surface area contributed by atoms with Gasteiger partial charge in [0.2, 0.25) is 10.0 Å². The zero-order valence-corrected chi connectivity index (χ0v) is 13.1. The van der Waals surface area contributed by atoms with Gasteiger partial charge in [-0.05, 0) is 25.3 Å². The molecule has 0 saturated carbocycles. The van der Waals surface area contributed by atoms with Gasteiger partial charge in [-0.1, -0.05) is 0 Å². The summed E-state index contributed by atoms with van der Waals surface area (Å²) in [4.78, 5) is 13.5.